The van der Waals surface area contributed by atoms with Crippen LogP contribution in [0.1, 0.15) is 21.6 Å². The van der Waals surface area contributed by atoms with Crippen LogP contribution in [0.2, 0.25) is 5.02 Å². The first-order valence-electron chi connectivity index (χ1n) is 6.37. The molecular formula is C14H13BrClF2N3O. The summed E-state index contributed by atoms with van der Waals surface area (Å²) in [7, 11) is 0. The maximum absolute atomic E-state index is 12.6. The zero-order valence-corrected chi connectivity index (χ0v) is 14.2. The average Bonchev–Trinajstić information content (AvgIpc) is 2.73. The van der Waals surface area contributed by atoms with Crippen LogP contribution in [0, 0.1) is 13.8 Å². The molecule has 0 aliphatic rings. The maximum Gasteiger partial charge on any atom is 0.273 e. The van der Waals surface area contributed by atoms with Gasteiger partial charge in [-0.1, -0.05) is 11.6 Å². The van der Waals surface area contributed by atoms with E-state index in [0.717, 1.165) is 15.8 Å². The molecule has 2 aromatic rings. The highest BCUT2D eigenvalue weighted by atomic mass is 79.9. The smallest absolute Gasteiger partial charge is 0.273 e. The van der Waals surface area contributed by atoms with E-state index in [1.807, 2.05) is 0 Å². The molecule has 4 nitrogen and oxygen atoms in total. The predicted molar refractivity (Wildman–Crippen MR) is 84.8 cm³/mol. The highest BCUT2D eigenvalue weighted by Gasteiger charge is 2.19. The average molecular weight is 393 g/mol. The van der Waals surface area contributed by atoms with Gasteiger partial charge in [0.1, 0.15) is 16.8 Å². The second-order valence-electron chi connectivity index (χ2n) is 4.79. The molecule has 0 saturated heterocycles. The molecule has 0 unspecified atom stereocenters. The van der Waals surface area contributed by atoms with Crippen LogP contribution in [0.15, 0.2) is 22.8 Å². The van der Waals surface area contributed by atoms with E-state index in [2.05, 4.69) is 26.3 Å². The lowest BCUT2D eigenvalue weighted by atomic mass is 10.1. The number of rotatable bonds is 4. The summed E-state index contributed by atoms with van der Waals surface area (Å²) >= 11 is 9.04. The number of benzene rings is 1. The van der Waals surface area contributed by atoms with Crippen molar-refractivity contribution in [1.29, 1.82) is 0 Å². The molecule has 0 atom stereocenters. The lowest BCUT2D eigenvalue weighted by Crippen LogP contribution is -2.21. The number of anilines is 1. The van der Waals surface area contributed by atoms with Crippen LogP contribution in [0.3, 0.4) is 0 Å². The minimum Gasteiger partial charge on any atom is -0.320 e. The lowest BCUT2D eigenvalue weighted by Gasteiger charge is -2.13. The number of nitrogens with zero attached hydrogens (tertiary/aromatic N) is 2. The van der Waals surface area contributed by atoms with Crippen LogP contribution < -0.4 is 5.32 Å². The normalized spacial score (nSPS) is 11.0. The van der Waals surface area contributed by atoms with E-state index < -0.39 is 18.9 Å². The number of amides is 1. The summed E-state index contributed by atoms with van der Waals surface area (Å²) in [6.07, 6.45) is -2.60. The Balaban J connectivity index is 2.30. The topological polar surface area (TPSA) is 46.9 Å². The van der Waals surface area contributed by atoms with Gasteiger partial charge >= 0.3 is 0 Å². The Morgan fingerprint density at radius 1 is 1.36 bits per heavy atom. The van der Waals surface area contributed by atoms with E-state index in [1.54, 1.807) is 26.0 Å². The third-order valence-corrected chi connectivity index (χ3v) is 3.64. The van der Waals surface area contributed by atoms with Gasteiger partial charge in [-0.15, -0.1) is 0 Å². The van der Waals surface area contributed by atoms with Crippen molar-refractivity contribution >= 4 is 39.1 Å². The van der Waals surface area contributed by atoms with Gasteiger partial charge in [0, 0.05) is 16.8 Å². The first-order valence-corrected chi connectivity index (χ1v) is 7.54. The van der Waals surface area contributed by atoms with Crippen molar-refractivity contribution in [2.75, 3.05) is 5.32 Å². The van der Waals surface area contributed by atoms with Crippen LogP contribution in [0.4, 0.5) is 14.5 Å². The standard InChI is InChI=1S/C14H13BrClF2N3O/c1-7-3-9(16)4-8(2)13(7)19-14(22)10-5-11(15)20-21(10)6-12(17)18/h3-5,12H,6H2,1-2H3,(H,19,22). The molecule has 1 aromatic carbocycles. The number of aromatic nitrogens is 2. The summed E-state index contributed by atoms with van der Waals surface area (Å²) < 4.78 is 26.4. The fourth-order valence-corrected chi connectivity index (χ4v) is 2.86. The van der Waals surface area contributed by atoms with Gasteiger partial charge in [-0.05, 0) is 53.0 Å². The number of hydrogen-bond acceptors (Lipinski definition) is 2. The summed E-state index contributed by atoms with van der Waals surface area (Å²) in [5.74, 6) is -0.507. The molecule has 0 radical (unpaired) electrons. The van der Waals surface area contributed by atoms with E-state index in [9.17, 15) is 13.6 Å². The summed E-state index contributed by atoms with van der Waals surface area (Å²) in [5, 5.41) is 7.14. The van der Waals surface area contributed by atoms with Crippen LogP contribution >= 0.6 is 27.5 Å². The van der Waals surface area contributed by atoms with Crippen molar-refractivity contribution < 1.29 is 13.6 Å². The summed E-state index contributed by atoms with van der Waals surface area (Å²) in [5.41, 5.74) is 2.24. The van der Waals surface area contributed by atoms with Gasteiger partial charge in [-0.25, -0.2) is 8.78 Å². The van der Waals surface area contributed by atoms with Gasteiger partial charge < -0.3 is 5.32 Å². The molecule has 1 heterocycles. The highest BCUT2D eigenvalue weighted by molar-refractivity contribution is 9.10. The van der Waals surface area contributed by atoms with Crippen LogP contribution in [-0.2, 0) is 6.54 Å². The van der Waals surface area contributed by atoms with Gasteiger partial charge in [0.05, 0.1) is 0 Å². The number of halogens is 4. The number of carbonyl (C=O) groups excluding carboxylic acids is 1. The van der Waals surface area contributed by atoms with E-state index in [1.165, 1.54) is 6.07 Å². The molecule has 2 rings (SSSR count). The summed E-state index contributed by atoms with van der Waals surface area (Å²) in [6.45, 7) is 2.97. The minimum absolute atomic E-state index is 0.0564. The lowest BCUT2D eigenvalue weighted by molar-refractivity contribution is 0.0989. The first-order chi connectivity index (χ1) is 10.3. The molecule has 0 bridgehead atoms. The fraction of sp³-hybridized carbons (Fsp3) is 0.286. The molecule has 1 amide bonds. The van der Waals surface area contributed by atoms with Crippen LogP contribution in [0.5, 0.6) is 0 Å². The zero-order valence-electron chi connectivity index (χ0n) is 11.8. The van der Waals surface area contributed by atoms with E-state index in [0.29, 0.717) is 15.3 Å². The zero-order chi connectivity index (χ0) is 16.4. The second kappa shape index (κ2) is 6.75. The Labute approximate surface area is 139 Å². The third kappa shape index (κ3) is 3.84. The Kier molecular flexibility index (Phi) is 5.18. The minimum atomic E-state index is -2.60. The van der Waals surface area contributed by atoms with Crippen LogP contribution in [0.25, 0.3) is 0 Å². The molecule has 1 N–H and O–H groups in total. The molecule has 22 heavy (non-hydrogen) atoms. The summed E-state index contributed by atoms with van der Waals surface area (Å²) in [4.78, 5) is 12.3. The molecule has 118 valence electrons. The van der Waals surface area contributed by atoms with Gasteiger partial charge in [0.2, 0.25) is 0 Å². The maximum atomic E-state index is 12.6. The van der Waals surface area contributed by atoms with Gasteiger partial charge in [0.15, 0.2) is 0 Å². The molecule has 0 spiro atoms. The predicted octanol–water partition coefficient (Wildman–Crippen LogP) is 4.43. The quantitative estimate of drug-likeness (QED) is 0.836. The molecule has 1 aromatic heterocycles. The second-order valence-corrected chi connectivity index (χ2v) is 6.04. The number of alkyl halides is 2. The van der Waals surface area contributed by atoms with E-state index in [4.69, 9.17) is 11.6 Å². The van der Waals surface area contributed by atoms with Crippen molar-refractivity contribution in [3.63, 3.8) is 0 Å². The van der Waals surface area contributed by atoms with Crippen LogP contribution in [-0.4, -0.2) is 22.1 Å². The molecule has 8 heteroatoms. The largest absolute Gasteiger partial charge is 0.320 e. The molecule has 0 fully saturated rings. The van der Waals surface area contributed by atoms with Crippen molar-refractivity contribution in [1.82, 2.24) is 9.78 Å². The van der Waals surface area contributed by atoms with Gasteiger partial charge in [-0.2, -0.15) is 5.10 Å². The van der Waals surface area contributed by atoms with E-state index >= 15 is 0 Å². The van der Waals surface area contributed by atoms with Crippen molar-refractivity contribution in [2.24, 2.45) is 0 Å². The highest BCUT2D eigenvalue weighted by Crippen LogP contribution is 2.25. The molecule has 0 aliphatic carbocycles. The van der Waals surface area contributed by atoms with Crippen molar-refractivity contribution in [3.8, 4) is 0 Å². The Bertz CT molecular complexity index is 695. The Morgan fingerprint density at radius 3 is 2.50 bits per heavy atom. The van der Waals surface area contributed by atoms with Crippen molar-refractivity contribution in [3.05, 3.63) is 44.6 Å². The Hall–Kier alpha value is -1.47. The van der Waals surface area contributed by atoms with Gasteiger partial charge in [0.25, 0.3) is 12.3 Å². The first kappa shape index (κ1) is 16.9. The van der Waals surface area contributed by atoms with Crippen molar-refractivity contribution in [2.45, 2.75) is 26.8 Å². The van der Waals surface area contributed by atoms with Gasteiger partial charge in [-0.3, -0.25) is 9.48 Å². The molecule has 0 aliphatic heterocycles. The Morgan fingerprint density at radius 2 is 1.95 bits per heavy atom. The molecule has 0 saturated carbocycles. The summed E-state index contributed by atoms with van der Waals surface area (Å²) in [6, 6.07) is 4.84. The number of carbonyl (C=O) groups is 1. The monoisotopic (exact) mass is 391 g/mol. The van der Waals surface area contributed by atoms with E-state index in [-0.39, 0.29) is 5.69 Å². The molecular weight excluding hydrogens is 380 g/mol. The fourth-order valence-electron chi connectivity index (χ4n) is 2.12. The SMILES string of the molecule is Cc1cc(Cl)cc(C)c1NC(=O)c1cc(Br)nn1CC(F)F. The number of nitrogens with one attached hydrogen (secondary N) is 1. The number of hydrogen-bond donors (Lipinski definition) is 1. The third-order valence-electron chi connectivity index (χ3n) is 3.03. The number of aryl methyl sites for hydroxylation is 2.